The summed E-state index contributed by atoms with van der Waals surface area (Å²) in [6.07, 6.45) is 3.78. The van der Waals surface area contributed by atoms with E-state index >= 15 is 0 Å². The molecule has 0 saturated heterocycles. The third-order valence-corrected chi connectivity index (χ3v) is 5.78. The maximum absolute atomic E-state index is 10.8. The number of aromatic hydroxyl groups is 1. The van der Waals surface area contributed by atoms with Crippen LogP contribution in [0.2, 0.25) is 0 Å². The van der Waals surface area contributed by atoms with Crippen LogP contribution in [0.3, 0.4) is 0 Å². The average molecular weight is 364 g/mol. The third-order valence-electron chi connectivity index (χ3n) is 4.47. The van der Waals surface area contributed by atoms with E-state index in [-0.39, 0.29) is 5.88 Å². The number of rotatable bonds is 2. The van der Waals surface area contributed by atoms with E-state index in [1.807, 2.05) is 55.6 Å². The van der Waals surface area contributed by atoms with Crippen molar-refractivity contribution < 1.29 is 5.11 Å². The molecule has 1 aromatic heterocycles. The zero-order valence-corrected chi connectivity index (χ0v) is 15.5. The van der Waals surface area contributed by atoms with Crippen LogP contribution in [0.25, 0.3) is 17.3 Å². The number of para-hydroxylation sites is 1. The first-order chi connectivity index (χ1) is 12.1. The fourth-order valence-corrected chi connectivity index (χ4v) is 4.25. The van der Waals surface area contributed by atoms with Crippen LogP contribution in [0.5, 0.6) is 5.88 Å². The van der Waals surface area contributed by atoms with Crippen molar-refractivity contribution >= 4 is 47.1 Å². The predicted octanol–water partition coefficient (Wildman–Crippen LogP) is 5.85. The van der Waals surface area contributed by atoms with E-state index < -0.39 is 0 Å². The maximum atomic E-state index is 10.8. The SMILES string of the molecule is Cc1cccc(-n2c(O)c(/C=C3/C=Nc4ccccc43)sc2=S)c1C. The standard InChI is InChI=1S/C20H16N2OS2/c1-12-6-5-9-17(13(12)2)22-19(23)18(25-20(22)24)10-14-11-21-16-8-4-3-7-15(14)16/h3-11,23H,1-2H3/b14-10-. The highest BCUT2D eigenvalue weighted by atomic mass is 32.1. The molecule has 0 fully saturated rings. The van der Waals surface area contributed by atoms with E-state index in [0.717, 1.165) is 33.0 Å². The Morgan fingerprint density at radius 2 is 1.92 bits per heavy atom. The van der Waals surface area contributed by atoms with Crippen LogP contribution in [0, 0.1) is 17.8 Å². The Labute approximate surface area is 155 Å². The summed E-state index contributed by atoms with van der Waals surface area (Å²) in [4.78, 5) is 5.16. The van der Waals surface area contributed by atoms with Crippen molar-refractivity contribution in [3.63, 3.8) is 0 Å². The molecule has 2 aromatic carbocycles. The lowest BCUT2D eigenvalue weighted by Gasteiger charge is -2.10. The van der Waals surface area contributed by atoms with Gasteiger partial charge in [-0.25, -0.2) is 0 Å². The summed E-state index contributed by atoms with van der Waals surface area (Å²) in [5.74, 6) is 0.175. The highest BCUT2D eigenvalue weighted by Gasteiger charge is 2.17. The zero-order valence-electron chi connectivity index (χ0n) is 13.9. The molecular weight excluding hydrogens is 348 g/mol. The summed E-state index contributed by atoms with van der Waals surface area (Å²) in [7, 11) is 0. The fourth-order valence-electron chi connectivity index (χ4n) is 2.96. The Morgan fingerprint density at radius 3 is 2.76 bits per heavy atom. The van der Waals surface area contributed by atoms with Crippen LogP contribution < -0.4 is 0 Å². The number of hydrogen-bond acceptors (Lipinski definition) is 4. The highest BCUT2D eigenvalue weighted by molar-refractivity contribution is 7.73. The van der Waals surface area contributed by atoms with E-state index in [4.69, 9.17) is 12.2 Å². The number of allylic oxidation sites excluding steroid dienone is 1. The predicted molar refractivity (Wildman–Crippen MR) is 108 cm³/mol. The van der Waals surface area contributed by atoms with Gasteiger partial charge in [-0.1, -0.05) is 30.3 Å². The normalized spacial score (nSPS) is 14.2. The van der Waals surface area contributed by atoms with E-state index in [1.54, 1.807) is 4.57 Å². The monoisotopic (exact) mass is 364 g/mol. The van der Waals surface area contributed by atoms with Gasteiger partial charge in [0.05, 0.1) is 16.3 Å². The molecule has 0 atom stereocenters. The maximum Gasteiger partial charge on any atom is 0.215 e. The summed E-state index contributed by atoms with van der Waals surface area (Å²) in [5, 5.41) is 10.8. The first-order valence-corrected chi connectivity index (χ1v) is 9.15. The minimum Gasteiger partial charge on any atom is -0.493 e. The molecule has 4 rings (SSSR count). The molecule has 1 N–H and O–H groups in total. The lowest BCUT2D eigenvalue weighted by molar-refractivity contribution is 0.441. The molecule has 124 valence electrons. The van der Waals surface area contributed by atoms with Gasteiger partial charge in [-0.15, -0.1) is 11.3 Å². The number of aliphatic imine (C=N–C) groups is 1. The van der Waals surface area contributed by atoms with Gasteiger partial charge >= 0.3 is 0 Å². The molecule has 0 bridgehead atoms. The van der Waals surface area contributed by atoms with Gasteiger partial charge in [-0.3, -0.25) is 9.56 Å². The van der Waals surface area contributed by atoms with Gasteiger partial charge in [-0.05, 0) is 55.4 Å². The average Bonchev–Trinajstić information content (AvgIpc) is 3.13. The zero-order chi connectivity index (χ0) is 17.6. The smallest absolute Gasteiger partial charge is 0.215 e. The molecule has 25 heavy (non-hydrogen) atoms. The van der Waals surface area contributed by atoms with Crippen molar-refractivity contribution in [3.05, 3.63) is 68.0 Å². The van der Waals surface area contributed by atoms with Gasteiger partial charge in [0.1, 0.15) is 0 Å². The Bertz CT molecular complexity index is 1100. The van der Waals surface area contributed by atoms with Crippen LogP contribution in [0.4, 0.5) is 5.69 Å². The molecule has 1 aliphatic heterocycles. The third kappa shape index (κ3) is 2.65. The van der Waals surface area contributed by atoms with Crippen LogP contribution in [0.15, 0.2) is 47.5 Å². The quantitative estimate of drug-likeness (QED) is 0.579. The number of thiazole rings is 1. The molecule has 0 radical (unpaired) electrons. The summed E-state index contributed by atoms with van der Waals surface area (Å²) in [5.41, 5.74) is 6.20. The first-order valence-electron chi connectivity index (χ1n) is 7.93. The number of fused-ring (bicyclic) bond motifs is 1. The van der Waals surface area contributed by atoms with Gasteiger partial charge in [0.25, 0.3) is 0 Å². The second kappa shape index (κ2) is 6.10. The second-order valence-corrected chi connectivity index (χ2v) is 7.66. The van der Waals surface area contributed by atoms with Gasteiger partial charge < -0.3 is 5.11 Å². The van der Waals surface area contributed by atoms with Crippen molar-refractivity contribution in [2.24, 2.45) is 4.99 Å². The first kappa shape index (κ1) is 16.0. The number of hydrogen-bond donors (Lipinski definition) is 1. The largest absolute Gasteiger partial charge is 0.493 e. The molecule has 0 amide bonds. The van der Waals surface area contributed by atoms with Crippen molar-refractivity contribution in [1.82, 2.24) is 4.57 Å². The van der Waals surface area contributed by atoms with Crippen LogP contribution in [-0.4, -0.2) is 15.9 Å². The Hall–Kier alpha value is -2.50. The second-order valence-electron chi connectivity index (χ2n) is 5.99. The molecule has 5 heteroatoms. The minimum absolute atomic E-state index is 0.175. The molecule has 2 heterocycles. The molecule has 1 aliphatic rings. The van der Waals surface area contributed by atoms with Crippen molar-refractivity contribution in [3.8, 4) is 11.6 Å². The molecular formula is C20H16N2OS2. The highest BCUT2D eigenvalue weighted by Crippen LogP contribution is 2.37. The number of benzene rings is 2. The molecule has 0 spiro atoms. The van der Waals surface area contributed by atoms with Crippen LogP contribution in [0.1, 0.15) is 21.6 Å². The minimum atomic E-state index is 0.175. The van der Waals surface area contributed by atoms with Gasteiger partial charge in [-0.2, -0.15) is 0 Å². The van der Waals surface area contributed by atoms with Crippen molar-refractivity contribution in [2.75, 3.05) is 0 Å². The lowest BCUT2D eigenvalue weighted by atomic mass is 10.1. The van der Waals surface area contributed by atoms with E-state index in [2.05, 4.69) is 18.0 Å². The van der Waals surface area contributed by atoms with Crippen LogP contribution in [-0.2, 0) is 0 Å². The molecule has 3 aromatic rings. The van der Waals surface area contributed by atoms with Gasteiger partial charge in [0, 0.05) is 17.4 Å². The molecule has 3 nitrogen and oxygen atoms in total. The van der Waals surface area contributed by atoms with E-state index in [9.17, 15) is 5.11 Å². The Balaban J connectivity index is 1.85. The van der Waals surface area contributed by atoms with Gasteiger partial charge in [0.2, 0.25) is 5.88 Å². The number of nitrogens with zero attached hydrogens (tertiary/aromatic N) is 2. The summed E-state index contributed by atoms with van der Waals surface area (Å²) < 4.78 is 2.37. The van der Waals surface area contributed by atoms with Crippen molar-refractivity contribution in [2.45, 2.75) is 13.8 Å². The lowest BCUT2D eigenvalue weighted by Crippen LogP contribution is -1.97. The summed E-state index contributed by atoms with van der Waals surface area (Å²) in [6, 6.07) is 14.0. The summed E-state index contributed by atoms with van der Waals surface area (Å²) in [6.45, 7) is 4.10. The number of aryl methyl sites for hydroxylation is 1. The Morgan fingerprint density at radius 1 is 1.12 bits per heavy atom. The van der Waals surface area contributed by atoms with E-state index in [1.165, 1.54) is 16.9 Å². The summed E-state index contributed by atoms with van der Waals surface area (Å²) >= 11 is 6.92. The van der Waals surface area contributed by atoms with Crippen LogP contribution >= 0.6 is 23.6 Å². The van der Waals surface area contributed by atoms with Gasteiger partial charge in [0.15, 0.2) is 3.95 Å². The molecule has 0 unspecified atom stereocenters. The van der Waals surface area contributed by atoms with Crippen molar-refractivity contribution in [1.29, 1.82) is 0 Å². The van der Waals surface area contributed by atoms with E-state index in [0.29, 0.717) is 3.95 Å². The number of aromatic nitrogens is 1. The topological polar surface area (TPSA) is 37.5 Å². The molecule has 0 aliphatic carbocycles. The molecule has 0 saturated carbocycles. The fraction of sp³-hybridized carbons (Fsp3) is 0.100. The Kier molecular flexibility index (Phi) is 3.90.